The van der Waals surface area contributed by atoms with Gasteiger partial charge in [0.2, 0.25) is 11.6 Å². The highest BCUT2D eigenvalue weighted by Crippen LogP contribution is 2.64. The lowest BCUT2D eigenvalue weighted by molar-refractivity contribution is -0.395. The Kier molecular flexibility index (Phi) is 2.74. The zero-order valence-electron chi connectivity index (χ0n) is 13.6. The molecule has 5 aliphatic carbocycles. The van der Waals surface area contributed by atoms with Gasteiger partial charge < -0.3 is 14.2 Å². The van der Waals surface area contributed by atoms with E-state index in [2.05, 4.69) is 0 Å². The first-order valence-corrected chi connectivity index (χ1v) is 9.54. The van der Waals surface area contributed by atoms with Crippen molar-refractivity contribution in [1.29, 1.82) is 0 Å². The van der Waals surface area contributed by atoms with Crippen LogP contribution in [0.1, 0.15) is 57.8 Å². The SMILES string of the molecule is C1CC2(CC3(C1)OOC1(O3)C3CC4CC(C3)CC1C4)OCCO2. The smallest absolute Gasteiger partial charge is 0.210 e. The van der Waals surface area contributed by atoms with E-state index in [9.17, 15) is 0 Å². The van der Waals surface area contributed by atoms with E-state index in [1.165, 1.54) is 32.1 Å². The normalized spacial score (nSPS) is 56.3. The Balaban J connectivity index is 1.30. The van der Waals surface area contributed by atoms with E-state index in [1.54, 1.807) is 0 Å². The molecule has 0 aromatic carbocycles. The number of hydrogen-bond acceptors (Lipinski definition) is 5. The standard InChI is InChI=1S/C18H26O5/c1-2-16(19-4-5-20-16)11-17(3-1)21-18(23-22-17)14-7-12-6-13(9-14)10-15(18)8-12/h12-15H,1-11H2. The Morgan fingerprint density at radius 1 is 0.696 bits per heavy atom. The van der Waals surface area contributed by atoms with Gasteiger partial charge >= 0.3 is 0 Å². The maximum atomic E-state index is 6.74. The van der Waals surface area contributed by atoms with Crippen LogP contribution in [0, 0.1) is 23.7 Å². The van der Waals surface area contributed by atoms with Crippen LogP contribution in [0.5, 0.6) is 0 Å². The van der Waals surface area contributed by atoms with E-state index in [4.69, 9.17) is 24.0 Å². The summed E-state index contributed by atoms with van der Waals surface area (Å²) in [7, 11) is 0. The Bertz CT molecular complexity index is 486. The van der Waals surface area contributed by atoms with E-state index in [1.807, 2.05) is 0 Å². The van der Waals surface area contributed by atoms with Crippen LogP contribution < -0.4 is 0 Å². The van der Waals surface area contributed by atoms with E-state index in [0.717, 1.165) is 31.1 Å². The van der Waals surface area contributed by atoms with Crippen molar-refractivity contribution >= 4 is 0 Å². The number of rotatable bonds is 0. The van der Waals surface area contributed by atoms with Gasteiger partial charge in [0.1, 0.15) is 0 Å². The Labute approximate surface area is 136 Å². The van der Waals surface area contributed by atoms with Gasteiger partial charge in [-0.3, -0.25) is 0 Å². The monoisotopic (exact) mass is 322 g/mol. The van der Waals surface area contributed by atoms with Gasteiger partial charge in [-0.1, -0.05) is 0 Å². The molecule has 5 saturated carbocycles. The summed E-state index contributed by atoms with van der Waals surface area (Å²) < 4.78 is 18.6. The highest BCUT2D eigenvalue weighted by molar-refractivity contribution is 5.06. The lowest BCUT2D eigenvalue weighted by Gasteiger charge is -2.57. The van der Waals surface area contributed by atoms with Crippen molar-refractivity contribution in [3.8, 4) is 0 Å². The molecule has 5 heteroatoms. The highest BCUT2D eigenvalue weighted by atomic mass is 17.3. The van der Waals surface area contributed by atoms with Gasteiger partial charge in [0.05, 0.1) is 19.6 Å². The topological polar surface area (TPSA) is 46.2 Å². The minimum absolute atomic E-state index is 0.482. The second kappa shape index (κ2) is 4.50. The maximum Gasteiger partial charge on any atom is 0.210 e. The molecule has 7 aliphatic rings. The summed E-state index contributed by atoms with van der Waals surface area (Å²) in [5, 5.41) is 0. The fourth-order valence-corrected chi connectivity index (χ4v) is 6.73. The van der Waals surface area contributed by atoms with Gasteiger partial charge in [0, 0.05) is 24.7 Å². The molecule has 128 valence electrons. The third-order valence-electron chi connectivity index (χ3n) is 7.41. The Morgan fingerprint density at radius 3 is 2.04 bits per heavy atom. The van der Waals surface area contributed by atoms with Crippen molar-refractivity contribution < 1.29 is 24.0 Å². The highest BCUT2D eigenvalue weighted by Gasteiger charge is 2.68. The third-order valence-corrected chi connectivity index (χ3v) is 7.41. The van der Waals surface area contributed by atoms with Gasteiger partial charge in [-0.2, -0.15) is 9.78 Å². The molecule has 5 nitrogen and oxygen atoms in total. The first-order chi connectivity index (χ1) is 11.2. The quantitative estimate of drug-likeness (QED) is 0.641. The van der Waals surface area contributed by atoms with Gasteiger partial charge in [-0.15, -0.1) is 0 Å². The average Bonchev–Trinajstić information content (AvgIpc) is 3.11. The molecule has 2 aliphatic heterocycles. The number of ether oxygens (including phenoxy) is 3. The molecule has 1 atom stereocenters. The molecule has 0 radical (unpaired) electrons. The van der Waals surface area contributed by atoms with Gasteiger partial charge in [0.15, 0.2) is 5.79 Å². The molecule has 2 heterocycles. The first kappa shape index (κ1) is 14.0. The largest absolute Gasteiger partial charge is 0.347 e. The molecule has 7 rings (SSSR count). The van der Waals surface area contributed by atoms with Crippen LogP contribution in [0.3, 0.4) is 0 Å². The first-order valence-electron chi connectivity index (χ1n) is 9.54. The van der Waals surface area contributed by atoms with E-state index >= 15 is 0 Å². The summed E-state index contributed by atoms with van der Waals surface area (Å²) in [5.41, 5.74) is 0. The second-order valence-corrected chi connectivity index (χ2v) is 8.84. The molecule has 2 saturated heterocycles. The minimum Gasteiger partial charge on any atom is -0.347 e. The van der Waals surface area contributed by atoms with Crippen molar-refractivity contribution in [2.45, 2.75) is 75.1 Å². The third kappa shape index (κ3) is 1.86. The van der Waals surface area contributed by atoms with Gasteiger partial charge in [0.25, 0.3) is 0 Å². The van der Waals surface area contributed by atoms with Crippen LogP contribution in [0.2, 0.25) is 0 Å². The van der Waals surface area contributed by atoms with Crippen LogP contribution in [0.25, 0.3) is 0 Å². The predicted molar refractivity (Wildman–Crippen MR) is 78.9 cm³/mol. The van der Waals surface area contributed by atoms with Crippen LogP contribution in [0.15, 0.2) is 0 Å². The molecule has 0 N–H and O–H groups in total. The van der Waals surface area contributed by atoms with Crippen LogP contribution >= 0.6 is 0 Å². The van der Waals surface area contributed by atoms with E-state index in [0.29, 0.717) is 31.5 Å². The molecule has 0 aromatic heterocycles. The van der Waals surface area contributed by atoms with E-state index in [-0.39, 0.29) is 0 Å². The lowest BCUT2D eigenvalue weighted by Crippen LogP contribution is -2.59. The fraction of sp³-hybridized carbons (Fsp3) is 1.00. The molecule has 0 aromatic rings. The lowest BCUT2D eigenvalue weighted by atomic mass is 9.53. The number of hydrogen-bond donors (Lipinski definition) is 0. The average molecular weight is 322 g/mol. The van der Waals surface area contributed by atoms with Crippen molar-refractivity contribution in [3.05, 3.63) is 0 Å². The van der Waals surface area contributed by atoms with Crippen LogP contribution in [-0.2, 0) is 24.0 Å². The molecular formula is C18H26O5. The van der Waals surface area contributed by atoms with Crippen molar-refractivity contribution in [1.82, 2.24) is 0 Å². The molecule has 3 spiro atoms. The maximum absolute atomic E-state index is 6.74. The Morgan fingerprint density at radius 2 is 1.35 bits per heavy atom. The molecule has 0 amide bonds. The van der Waals surface area contributed by atoms with Crippen molar-refractivity contribution in [2.24, 2.45) is 23.7 Å². The molecule has 23 heavy (non-hydrogen) atoms. The summed E-state index contributed by atoms with van der Waals surface area (Å²) in [4.78, 5) is 12.0. The summed E-state index contributed by atoms with van der Waals surface area (Å²) in [6.07, 6.45) is 9.92. The molecule has 4 bridgehead atoms. The Hall–Kier alpha value is -0.200. The van der Waals surface area contributed by atoms with Crippen molar-refractivity contribution in [2.75, 3.05) is 13.2 Å². The minimum atomic E-state index is -0.655. The summed E-state index contributed by atoms with van der Waals surface area (Å²) in [6.45, 7) is 1.35. The summed E-state index contributed by atoms with van der Waals surface area (Å²) in [6, 6.07) is 0. The second-order valence-electron chi connectivity index (χ2n) is 8.84. The zero-order chi connectivity index (χ0) is 15.1. The van der Waals surface area contributed by atoms with Crippen LogP contribution in [0.4, 0.5) is 0 Å². The summed E-state index contributed by atoms with van der Waals surface area (Å²) in [5.74, 6) is 1.18. The van der Waals surface area contributed by atoms with Gasteiger partial charge in [-0.05, 0) is 50.4 Å². The predicted octanol–water partition coefficient (Wildman–Crippen LogP) is 3.13. The van der Waals surface area contributed by atoms with Gasteiger partial charge in [-0.25, -0.2) is 0 Å². The fourth-order valence-electron chi connectivity index (χ4n) is 6.73. The van der Waals surface area contributed by atoms with E-state index < -0.39 is 17.4 Å². The molecule has 7 fully saturated rings. The molecule has 1 unspecified atom stereocenters. The molecular weight excluding hydrogens is 296 g/mol. The summed E-state index contributed by atoms with van der Waals surface area (Å²) >= 11 is 0. The zero-order valence-corrected chi connectivity index (χ0v) is 13.6. The van der Waals surface area contributed by atoms with Crippen LogP contribution in [-0.4, -0.2) is 30.6 Å². The van der Waals surface area contributed by atoms with Crippen molar-refractivity contribution in [3.63, 3.8) is 0 Å².